The van der Waals surface area contributed by atoms with E-state index < -0.39 is 12.0 Å². The maximum absolute atomic E-state index is 12.4. The predicted molar refractivity (Wildman–Crippen MR) is 65.0 cm³/mol. The summed E-state index contributed by atoms with van der Waals surface area (Å²) in [5, 5.41) is 12.5. The summed E-state index contributed by atoms with van der Waals surface area (Å²) >= 11 is 0. The Balaban J connectivity index is 1.67. The molecule has 0 aromatic heterocycles. The number of nitrogens with one attached hydrogen (secondary N) is 1. The molecule has 2 saturated heterocycles. The normalized spacial score (nSPS) is 33.7. The van der Waals surface area contributed by atoms with E-state index in [0.717, 1.165) is 38.8 Å². The van der Waals surface area contributed by atoms with E-state index in [1.54, 1.807) is 4.90 Å². The van der Waals surface area contributed by atoms with E-state index in [0.29, 0.717) is 13.0 Å². The number of carboxylic acid groups (broad SMARTS) is 1. The van der Waals surface area contributed by atoms with Crippen LogP contribution in [0.3, 0.4) is 0 Å². The highest BCUT2D eigenvalue weighted by atomic mass is 16.4. The Morgan fingerprint density at radius 2 is 2.00 bits per heavy atom. The van der Waals surface area contributed by atoms with Crippen LogP contribution in [0.1, 0.15) is 32.1 Å². The Hall–Kier alpha value is -1.10. The summed E-state index contributed by atoms with van der Waals surface area (Å²) in [5.74, 6) is -0.651. The van der Waals surface area contributed by atoms with Crippen LogP contribution < -0.4 is 5.32 Å². The Bertz CT molecular complexity index is 376. The lowest BCUT2D eigenvalue weighted by atomic mass is 9.91. The first-order chi connectivity index (χ1) is 8.64. The van der Waals surface area contributed by atoms with E-state index >= 15 is 0 Å². The van der Waals surface area contributed by atoms with Gasteiger partial charge in [-0.3, -0.25) is 4.79 Å². The summed E-state index contributed by atoms with van der Waals surface area (Å²) in [5.41, 5.74) is 0.202. The van der Waals surface area contributed by atoms with E-state index in [2.05, 4.69) is 5.32 Å². The number of nitrogens with zero attached hydrogens (tertiary/aromatic N) is 1. The second-order valence-corrected chi connectivity index (χ2v) is 5.90. The van der Waals surface area contributed by atoms with Crippen LogP contribution in [0.4, 0.5) is 0 Å². The number of rotatable bonds is 2. The highest BCUT2D eigenvalue weighted by molar-refractivity contribution is 5.88. The van der Waals surface area contributed by atoms with Gasteiger partial charge in [0.25, 0.3) is 0 Å². The zero-order valence-electron chi connectivity index (χ0n) is 10.5. The van der Waals surface area contributed by atoms with Crippen LogP contribution in [-0.2, 0) is 9.59 Å². The molecular formula is C13H20N2O3. The third-order valence-electron chi connectivity index (χ3n) is 4.91. The van der Waals surface area contributed by atoms with Crippen molar-refractivity contribution < 1.29 is 14.7 Å². The van der Waals surface area contributed by atoms with Gasteiger partial charge in [-0.25, -0.2) is 4.79 Å². The van der Waals surface area contributed by atoms with Gasteiger partial charge in [0.05, 0.1) is 0 Å². The topological polar surface area (TPSA) is 69.6 Å². The van der Waals surface area contributed by atoms with Crippen LogP contribution in [0.5, 0.6) is 0 Å². The number of likely N-dealkylation sites (tertiary alicyclic amines) is 1. The van der Waals surface area contributed by atoms with Gasteiger partial charge in [0.15, 0.2) is 0 Å². The molecule has 0 radical (unpaired) electrons. The zero-order chi connectivity index (χ0) is 12.8. The molecule has 1 aliphatic carbocycles. The number of amides is 1. The maximum Gasteiger partial charge on any atom is 0.326 e. The third-order valence-corrected chi connectivity index (χ3v) is 4.91. The maximum atomic E-state index is 12.4. The molecule has 3 fully saturated rings. The lowest BCUT2D eigenvalue weighted by molar-refractivity contribution is -0.149. The molecule has 1 amide bonds. The van der Waals surface area contributed by atoms with Crippen molar-refractivity contribution in [3.8, 4) is 0 Å². The molecule has 18 heavy (non-hydrogen) atoms. The molecular weight excluding hydrogens is 232 g/mol. The summed E-state index contributed by atoms with van der Waals surface area (Å²) in [7, 11) is 0. The minimum absolute atomic E-state index is 0.0968. The van der Waals surface area contributed by atoms with E-state index in [-0.39, 0.29) is 17.2 Å². The van der Waals surface area contributed by atoms with Crippen molar-refractivity contribution >= 4 is 11.9 Å². The third kappa shape index (κ3) is 1.81. The van der Waals surface area contributed by atoms with Crippen LogP contribution in [0, 0.1) is 11.3 Å². The van der Waals surface area contributed by atoms with Crippen molar-refractivity contribution in [1.82, 2.24) is 10.2 Å². The minimum Gasteiger partial charge on any atom is -0.480 e. The van der Waals surface area contributed by atoms with Crippen LogP contribution in [0.2, 0.25) is 0 Å². The van der Waals surface area contributed by atoms with Crippen LogP contribution in [-0.4, -0.2) is 47.6 Å². The number of aliphatic carboxylic acids is 1. The van der Waals surface area contributed by atoms with Gasteiger partial charge in [-0.2, -0.15) is 0 Å². The van der Waals surface area contributed by atoms with Gasteiger partial charge in [0.2, 0.25) is 5.91 Å². The molecule has 2 N–H and O–H groups in total. The summed E-state index contributed by atoms with van der Waals surface area (Å²) in [6.45, 7) is 2.61. The van der Waals surface area contributed by atoms with Crippen molar-refractivity contribution in [3.63, 3.8) is 0 Å². The molecule has 1 saturated carbocycles. The molecule has 1 unspecified atom stereocenters. The first-order valence-corrected chi connectivity index (χ1v) is 6.88. The van der Waals surface area contributed by atoms with Crippen molar-refractivity contribution in [3.05, 3.63) is 0 Å². The number of carbonyl (C=O) groups is 2. The number of carboxylic acids is 1. The number of hydrogen-bond donors (Lipinski definition) is 2. The number of hydrogen-bond acceptors (Lipinski definition) is 3. The van der Waals surface area contributed by atoms with E-state index in [1.807, 2.05) is 0 Å². The van der Waals surface area contributed by atoms with Crippen molar-refractivity contribution in [2.24, 2.45) is 11.3 Å². The van der Waals surface area contributed by atoms with Gasteiger partial charge in [0.1, 0.15) is 6.04 Å². The monoisotopic (exact) mass is 252 g/mol. The summed E-state index contributed by atoms with van der Waals surface area (Å²) in [6.07, 6.45) is 4.53. The molecule has 2 atom stereocenters. The lowest BCUT2D eigenvalue weighted by Gasteiger charge is -2.26. The smallest absolute Gasteiger partial charge is 0.326 e. The molecule has 1 spiro atoms. The molecule has 0 bridgehead atoms. The summed E-state index contributed by atoms with van der Waals surface area (Å²) in [4.78, 5) is 25.2. The Morgan fingerprint density at radius 1 is 1.28 bits per heavy atom. The quantitative estimate of drug-likeness (QED) is 0.748. The number of carbonyl (C=O) groups excluding carboxylic acids is 1. The van der Waals surface area contributed by atoms with Gasteiger partial charge in [-0.05, 0) is 50.6 Å². The largest absolute Gasteiger partial charge is 0.480 e. The minimum atomic E-state index is -0.846. The Morgan fingerprint density at radius 3 is 2.67 bits per heavy atom. The van der Waals surface area contributed by atoms with Crippen molar-refractivity contribution in [2.75, 3.05) is 19.6 Å². The predicted octanol–water partition coefficient (Wildman–Crippen LogP) is 0.452. The first-order valence-electron chi connectivity index (χ1n) is 6.88. The fourth-order valence-corrected chi connectivity index (χ4v) is 3.66. The molecule has 3 rings (SSSR count). The van der Waals surface area contributed by atoms with Gasteiger partial charge in [-0.1, -0.05) is 0 Å². The molecule has 100 valence electrons. The molecule has 2 aliphatic heterocycles. The summed E-state index contributed by atoms with van der Waals surface area (Å²) in [6, 6.07) is -0.572. The molecule has 5 nitrogen and oxygen atoms in total. The Labute approximate surface area is 107 Å². The van der Waals surface area contributed by atoms with Crippen molar-refractivity contribution in [1.29, 1.82) is 0 Å². The molecule has 5 heteroatoms. The van der Waals surface area contributed by atoms with E-state index in [1.165, 1.54) is 0 Å². The van der Waals surface area contributed by atoms with Crippen LogP contribution >= 0.6 is 0 Å². The van der Waals surface area contributed by atoms with E-state index in [9.17, 15) is 9.59 Å². The fourth-order valence-electron chi connectivity index (χ4n) is 3.66. The highest BCUT2D eigenvalue weighted by Crippen LogP contribution is 2.59. The molecule has 2 heterocycles. The summed E-state index contributed by atoms with van der Waals surface area (Å²) < 4.78 is 0. The van der Waals surface area contributed by atoms with E-state index in [4.69, 9.17) is 5.11 Å². The van der Waals surface area contributed by atoms with Gasteiger partial charge in [0, 0.05) is 12.5 Å². The second kappa shape index (κ2) is 4.23. The zero-order valence-corrected chi connectivity index (χ0v) is 10.5. The van der Waals surface area contributed by atoms with Gasteiger partial charge < -0.3 is 15.3 Å². The molecule has 0 aromatic carbocycles. The number of piperidine rings is 1. The van der Waals surface area contributed by atoms with Crippen LogP contribution in [0.15, 0.2) is 0 Å². The standard InChI is InChI=1S/C13H20N2O3/c16-11(15-7-1-2-10(15)12(17)18)9-8-13(9)3-5-14-6-4-13/h9-10,14H,1-8H2,(H,17,18)/t9?,10-/m0/s1. The SMILES string of the molecule is O=C(O)[C@@H]1CCCN1C(=O)C1CC12CCNCC2. The lowest BCUT2D eigenvalue weighted by Crippen LogP contribution is -2.42. The van der Waals surface area contributed by atoms with Crippen LogP contribution in [0.25, 0.3) is 0 Å². The first kappa shape index (κ1) is 12.0. The van der Waals surface area contributed by atoms with Crippen molar-refractivity contribution in [2.45, 2.75) is 38.1 Å². The average molecular weight is 252 g/mol. The average Bonchev–Trinajstić information content (AvgIpc) is 2.86. The van der Waals surface area contributed by atoms with Gasteiger partial charge in [-0.15, -0.1) is 0 Å². The second-order valence-electron chi connectivity index (χ2n) is 5.90. The molecule has 0 aromatic rings. The Kier molecular flexibility index (Phi) is 2.81. The van der Waals surface area contributed by atoms with Gasteiger partial charge >= 0.3 is 5.97 Å². The molecule has 3 aliphatic rings. The fraction of sp³-hybridized carbons (Fsp3) is 0.846. The highest BCUT2D eigenvalue weighted by Gasteiger charge is 2.59.